The first kappa shape index (κ1) is 16.2. The van der Waals surface area contributed by atoms with Gasteiger partial charge in [-0.1, -0.05) is 24.3 Å². The van der Waals surface area contributed by atoms with Crippen LogP contribution < -0.4 is 10.1 Å². The Labute approximate surface area is 145 Å². The minimum absolute atomic E-state index is 0.269. The molecule has 0 aliphatic carbocycles. The number of benzene rings is 2. The molecular formula is C20H15N3O2. The van der Waals surface area contributed by atoms with Crippen LogP contribution in [-0.2, 0) is 6.61 Å². The van der Waals surface area contributed by atoms with Gasteiger partial charge in [-0.25, -0.2) is 0 Å². The highest BCUT2D eigenvalue weighted by atomic mass is 16.5. The molecule has 1 N–H and O–H groups in total. The standard InChI is InChI=1S/C20H15N3O2/c21-12-15-5-3-6-16(11-15)14-25-19-9-2-1-8-18(19)20(24)23-17-7-4-10-22-13-17/h1-11,13H,14H2,(H,23,24). The fraction of sp³-hybridized carbons (Fsp3) is 0.0500. The topological polar surface area (TPSA) is 75.0 Å². The van der Waals surface area contributed by atoms with Gasteiger partial charge in [-0.15, -0.1) is 0 Å². The van der Waals surface area contributed by atoms with E-state index in [9.17, 15) is 4.79 Å². The van der Waals surface area contributed by atoms with E-state index >= 15 is 0 Å². The van der Waals surface area contributed by atoms with Crippen molar-refractivity contribution < 1.29 is 9.53 Å². The van der Waals surface area contributed by atoms with Crippen LogP contribution >= 0.6 is 0 Å². The maximum absolute atomic E-state index is 12.5. The predicted molar refractivity (Wildman–Crippen MR) is 94.1 cm³/mol. The van der Waals surface area contributed by atoms with E-state index in [2.05, 4.69) is 16.4 Å². The van der Waals surface area contributed by atoms with E-state index in [1.165, 1.54) is 0 Å². The normalized spacial score (nSPS) is 9.88. The molecule has 1 amide bonds. The minimum atomic E-state index is -0.269. The largest absolute Gasteiger partial charge is 0.488 e. The first-order chi connectivity index (χ1) is 12.3. The lowest BCUT2D eigenvalue weighted by Crippen LogP contribution is -2.13. The van der Waals surface area contributed by atoms with Crippen LogP contribution in [0, 0.1) is 11.3 Å². The summed E-state index contributed by atoms with van der Waals surface area (Å²) >= 11 is 0. The average molecular weight is 329 g/mol. The van der Waals surface area contributed by atoms with Crippen molar-refractivity contribution in [2.24, 2.45) is 0 Å². The number of nitrogens with one attached hydrogen (secondary N) is 1. The third-order valence-corrected chi connectivity index (χ3v) is 3.50. The molecule has 0 bridgehead atoms. The van der Waals surface area contributed by atoms with Gasteiger partial charge < -0.3 is 10.1 Å². The van der Waals surface area contributed by atoms with E-state index in [0.717, 1.165) is 5.56 Å². The Morgan fingerprint density at radius 2 is 2.00 bits per heavy atom. The van der Waals surface area contributed by atoms with Crippen LogP contribution in [0.25, 0.3) is 0 Å². The Bertz CT molecular complexity index is 917. The highest BCUT2D eigenvalue weighted by Crippen LogP contribution is 2.21. The van der Waals surface area contributed by atoms with E-state index in [0.29, 0.717) is 22.6 Å². The lowest BCUT2D eigenvalue weighted by molar-refractivity contribution is 0.102. The van der Waals surface area contributed by atoms with Crippen molar-refractivity contribution >= 4 is 11.6 Å². The second-order valence-electron chi connectivity index (χ2n) is 5.29. The first-order valence-electron chi connectivity index (χ1n) is 7.68. The molecule has 5 nitrogen and oxygen atoms in total. The van der Waals surface area contributed by atoms with Crippen LogP contribution in [0.4, 0.5) is 5.69 Å². The van der Waals surface area contributed by atoms with Crippen molar-refractivity contribution in [3.05, 3.63) is 89.7 Å². The SMILES string of the molecule is N#Cc1cccc(COc2ccccc2C(=O)Nc2cccnc2)c1. The van der Waals surface area contributed by atoms with Crippen molar-refractivity contribution in [2.45, 2.75) is 6.61 Å². The number of hydrogen-bond acceptors (Lipinski definition) is 4. The molecule has 0 aliphatic rings. The smallest absolute Gasteiger partial charge is 0.259 e. The summed E-state index contributed by atoms with van der Waals surface area (Å²) in [7, 11) is 0. The monoisotopic (exact) mass is 329 g/mol. The number of aromatic nitrogens is 1. The van der Waals surface area contributed by atoms with Crippen LogP contribution in [-0.4, -0.2) is 10.9 Å². The minimum Gasteiger partial charge on any atom is -0.488 e. The van der Waals surface area contributed by atoms with Gasteiger partial charge in [-0.05, 0) is 42.0 Å². The number of carbonyl (C=O) groups excluding carboxylic acids is 1. The van der Waals surface area contributed by atoms with Gasteiger partial charge in [0, 0.05) is 6.20 Å². The van der Waals surface area contributed by atoms with Gasteiger partial charge >= 0.3 is 0 Å². The van der Waals surface area contributed by atoms with E-state index in [-0.39, 0.29) is 12.5 Å². The molecule has 0 aliphatic heterocycles. The molecule has 0 fully saturated rings. The third-order valence-electron chi connectivity index (χ3n) is 3.50. The van der Waals surface area contributed by atoms with Gasteiger partial charge in [0.15, 0.2) is 0 Å². The molecule has 2 aromatic carbocycles. The van der Waals surface area contributed by atoms with Gasteiger partial charge in [0.2, 0.25) is 0 Å². The molecule has 3 aromatic rings. The molecule has 0 saturated heterocycles. The predicted octanol–water partition coefficient (Wildman–Crippen LogP) is 3.78. The maximum atomic E-state index is 12.5. The molecular weight excluding hydrogens is 314 g/mol. The second-order valence-corrected chi connectivity index (χ2v) is 5.29. The van der Waals surface area contributed by atoms with Crippen molar-refractivity contribution in [1.82, 2.24) is 4.98 Å². The molecule has 25 heavy (non-hydrogen) atoms. The third kappa shape index (κ3) is 4.21. The summed E-state index contributed by atoms with van der Waals surface area (Å²) in [6.07, 6.45) is 3.22. The number of hydrogen-bond donors (Lipinski definition) is 1. The zero-order valence-corrected chi connectivity index (χ0v) is 13.3. The van der Waals surface area contributed by atoms with Crippen LogP contribution in [0.5, 0.6) is 5.75 Å². The van der Waals surface area contributed by atoms with Gasteiger partial charge in [-0.2, -0.15) is 5.26 Å². The maximum Gasteiger partial charge on any atom is 0.259 e. The lowest BCUT2D eigenvalue weighted by atomic mass is 10.1. The first-order valence-corrected chi connectivity index (χ1v) is 7.68. The molecule has 3 rings (SSSR count). The Hall–Kier alpha value is -3.65. The van der Waals surface area contributed by atoms with E-state index in [1.54, 1.807) is 60.9 Å². The van der Waals surface area contributed by atoms with Crippen molar-refractivity contribution in [3.8, 4) is 11.8 Å². The lowest BCUT2D eigenvalue weighted by Gasteiger charge is -2.12. The van der Waals surface area contributed by atoms with Gasteiger partial charge in [-0.3, -0.25) is 9.78 Å². The Balaban J connectivity index is 1.74. The van der Waals surface area contributed by atoms with E-state index < -0.39 is 0 Å². The molecule has 0 spiro atoms. The number of para-hydroxylation sites is 1. The molecule has 122 valence electrons. The highest BCUT2D eigenvalue weighted by Gasteiger charge is 2.12. The Morgan fingerprint density at radius 1 is 1.12 bits per heavy atom. The Kier molecular flexibility index (Phi) is 5.03. The summed E-state index contributed by atoms with van der Waals surface area (Å²) in [5.41, 5.74) is 2.48. The number of ether oxygens (including phenoxy) is 1. The summed E-state index contributed by atoms with van der Waals surface area (Å²) in [5, 5.41) is 11.7. The van der Waals surface area contributed by atoms with Crippen molar-refractivity contribution in [3.63, 3.8) is 0 Å². The molecule has 0 saturated carbocycles. The number of anilines is 1. The second kappa shape index (κ2) is 7.75. The van der Waals surface area contributed by atoms with E-state index in [4.69, 9.17) is 10.00 Å². The molecule has 1 aromatic heterocycles. The van der Waals surface area contributed by atoms with E-state index in [1.807, 2.05) is 12.1 Å². The van der Waals surface area contributed by atoms with Gasteiger partial charge in [0.05, 0.1) is 29.1 Å². The molecule has 5 heteroatoms. The van der Waals surface area contributed by atoms with Crippen LogP contribution in [0.2, 0.25) is 0 Å². The summed E-state index contributed by atoms with van der Waals surface area (Å²) < 4.78 is 5.80. The molecule has 0 atom stereocenters. The summed E-state index contributed by atoms with van der Waals surface area (Å²) in [5.74, 6) is 0.209. The summed E-state index contributed by atoms with van der Waals surface area (Å²) in [4.78, 5) is 16.5. The number of nitrogens with zero attached hydrogens (tertiary/aromatic N) is 2. The van der Waals surface area contributed by atoms with Crippen molar-refractivity contribution in [2.75, 3.05) is 5.32 Å². The summed E-state index contributed by atoms with van der Waals surface area (Å²) in [6, 6.07) is 19.8. The van der Waals surface area contributed by atoms with Crippen molar-refractivity contribution in [1.29, 1.82) is 5.26 Å². The van der Waals surface area contributed by atoms with Crippen LogP contribution in [0.1, 0.15) is 21.5 Å². The quantitative estimate of drug-likeness (QED) is 0.773. The zero-order valence-electron chi connectivity index (χ0n) is 13.3. The van der Waals surface area contributed by atoms with Crippen LogP contribution in [0.3, 0.4) is 0 Å². The number of pyridine rings is 1. The fourth-order valence-electron chi connectivity index (χ4n) is 2.31. The highest BCUT2D eigenvalue weighted by molar-refractivity contribution is 6.06. The number of rotatable bonds is 5. The molecule has 1 heterocycles. The molecule has 0 radical (unpaired) electrons. The Morgan fingerprint density at radius 3 is 2.80 bits per heavy atom. The number of amides is 1. The summed E-state index contributed by atoms with van der Waals surface area (Å²) in [6.45, 7) is 0.271. The van der Waals surface area contributed by atoms with Crippen LogP contribution in [0.15, 0.2) is 73.1 Å². The van der Waals surface area contributed by atoms with Gasteiger partial charge in [0.25, 0.3) is 5.91 Å². The number of carbonyl (C=O) groups is 1. The van der Waals surface area contributed by atoms with Gasteiger partial charge in [0.1, 0.15) is 12.4 Å². The zero-order chi connectivity index (χ0) is 17.5. The molecule has 0 unspecified atom stereocenters. The number of nitriles is 1. The fourth-order valence-corrected chi connectivity index (χ4v) is 2.31. The average Bonchev–Trinajstić information content (AvgIpc) is 2.67.